The molecule has 0 saturated heterocycles. The largest absolute Gasteiger partial charge is 0.384 e. The summed E-state index contributed by atoms with van der Waals surface area (Å²) in [6, 6.07) is 4.66. The third kappa shape index (κ3) is 2.18. The number of pyridine rings is 1. The summed E-state index contributed by atoms with van der Waals surface area (Å²) >= 11 is 0. The molecule has 1 aliphatic rings. The van der Waals surface area contributed by atoms with E-state index in [1.165, 1.54) is 24.8 Å². The van der Waals surface area contributed by atoms with Crippen molar-refractivity contribution in [3.8, 4) is 0 Å². The molecular formula is C10H15N3. The minimum absolute atomic E-state index is 0.605. The highest BCUT2D eigenvalue weighted by atomic mass is 14.9. The summed E-state index contributed by atoms with van der Waals surface area (Å²) in [6.45, 7) is 0.914. The van der Waals surface area contributed by atoms with Crippen LogP contribution in [0.25, 0.3) is 0 Å². The van der Waals surface area contributed by atoms with E-state index < -0.39 is 0 Å². The van der Waals surface area contributed by atoms with Crippen LogP contribution in [0.3, 0.4) is 0 Å². The van der Waals surface area contributed by atoms with Crippen LogP contribution in [0, 0.1) is 0 Å². The number of nitrogens with zero attached hydrogens (tertiary/aromatic N) is 1. The van der Waals surface area contributed by atoms with Gasteiger partial charge in [0.1, 0.15) is 5.82 Å². The molecule has 3 N–H and O–H groups in total. The fourth-order valence-electron chi connectivity index (χ4n) is 1.48. The summed E-state index contributed by atoms with van der Waals surface area (Å²) in [5.74, 6) is 0.605. The summed E-state index contributed by atoms with van der Waals surface area (Å²) < 4.78 is 0. The molecule has 0 bridgehead atoms. The Labute approximate surface area is 78.4 Å². The number of hydrogen-bond donors (Lipinski definition) is 2. The molecule has 3 heteroatoms. The summed E-state index contributed by atoms with van der Waals surface area (Å²) in [5, 5.41) is 3.48. The highest BCUT2D eigenvalue weighted by Crippen LogP contribution is 2.18. The molecule has 0 amide bonds. The van der Waals surface area contributed by atoms with E-state index in [4.69, 9.17) is 5.73 Å². The van der Waals surface area contributed by atoms with Crippen molar-refractivity contribution < 1.29 is 0 Å². The second-order valence-corrected chi connectivity index (χ2v) is 3.60. The molecule has 1 aromatic rings. The number of nitrogens with one attached hydrogen (secondary N) is 1. The SMILES string of the molecule is Nc1cc(CNC2CCC2)ccn1. The molecule has 3 nitrogen and oxygen atoms in total. The second-order valence-electron chi connectivity index (χ2n) is 3.60. The average molecular weight is 177 g/mol. The normalized spacial score (nSPS) is 16.9. The van der Waals surface area contributed by atoms with Gasteiger partial charge in [-0.3, -0.25) is 0 Å². The van der Waals surface area contributed by atoms with Gasteiger partial charge in [0.15, 0.2) is 0 Å². The van der Waals surface area contributed by atoms with Crippen LogP contribution in [0.2, 0.25) is 0 Å². The molecule has 0 spiro atoms. The molecule has 1 fully saturated rings. The predicted molar refractivity (Wildman–Crippen MR) is 53.1 cm³/mol. The molecule has 1 aliphatic carbocycles. The molecule has 0 aliphatic heterocycles. The van der Waals surface area contributed by atoms with E-state index in [-0.39, 0.29) is 0 Å². The standard InChI is InChI=1S/C10H15N3/c11-10-6-8(4-5-12-10)7-13-9-2-1-3-9/h4-6,9,13H,1-3,7H2,(H2,11,12). The fraction of sp³-hybridized carbons (Fsp3) is 0.500. The molecule has 0 radical (unpaired) electrons. The summed E-state index contributed by atoms with van der Waals surface area (Å²) in [7, 11) is 0. The number of nitrogens with two attached hydrogens (primary N) is 1. The Morgan fingerprint density at radius 2 is 2.38 bits per heavy atom. The van der Waals surface area contributed by atoms with Crippen LogP contribution in [-0.4, -0.2) is 11.0 Å². The Morgan fingerprint density at radius 3 is 3.00 bits per heavy atom. The summed E-state index contributed by atoms with van der Waals surface area (Å²) in [4.78, 5) is 3.95. The Bertz CT molecular complexity index is 281. The van der Waals surface area contributed by atoms with Crippen molar-refractivity contribution >= 4 is 5.82 Å². The highest BCUT2D eigenvalue weighted by molar-refractivity contribution is 5.31. The van der Waals surface area contributed by atoms with E-state index in [0.29, 0.717) is 5.82 Å². The zero-order valence-electron chi connectivity index (χ0n) is 7.66. The van der Waals surface area contributed by atoms with Crippen LogP contribution in [-0.2, 0) is 6.54 Å². The number of nitrogen functional groups attached to an aromatic ring is 1. The van der Waals surface area contributed by atoms with Crippen molar-refractivity contribution in [3.05, 3.63) is 23.9 Å². The molecule has 2 rings (SSSR count). The number of anilines is 1. The number of hydrogen-bond acceptors (Lipinski definition) is 3. The van der Waals surface area contributed by atoms with E-state index in [0.717, 1.165) is 12.6 Å². The quantitative estimate of drug-likeness (QED) is 0.731. The molecule has 1 aromatic heterocycles. The van der Waals surface area contributed by atoms with Gasteiger partial charge in [-0.05, 0) is 30.5 Å². The zero-order chi connectivity index (χ0) is 9.10. The van der Waals surface area contributed by atoms with Crippen LogP contribution in [0.15, 0.2) is 18.3 Å². The van der Waals surface area contributed by atoms with Crippen LogP contribution < -0.4 is 11.1 Å². The highest BCUT2D eigenvalue weighted by Gasteiger charge is 2.15. The van der Waals surface area contributed by atoms with Crippen LogP contribution in [0.4, 0.5) is 5.82 Å². The first-order chi connectivity index (χ1) is 6.34. The lowest BCUT2D eigenvalue weighted by molar-refractivity contribution is 0.338. The van der Waals surface area contributed by atoms with Crippen molar-refractivity contribution in [1.29, 1.82) is 0 Å². The molecule has 1 saturated carbocycles. The van der Waals surface area contributed by atoms with Gasteiger partial charge < -0.3 is 11.1 Å². The molecule has 0 aromatic carbocycles. The molecule has 70 valence electrons. The van der Waals surface area contributed by atoms with E-state index in [1.807, 2.05) is 12.1 Å². The Balaban J connectivity index is 1.86. The van der Waals surface area contributed by atoms with Crippen molar-refractivity contribution in [2.24, 2.45) is 0 Å². The zero-order valence-corrected chi connectivity index (χ0v) is 7.66. The predicted octanol–water partition coefficient (Wildman–Crippen LogP) is 1.31. The van der Waals surface area contributed by atoms with Gasteiger partial charge in [0.25, 0.3) is 0 Å². The molecule has 13 heavy (non-hydrogen) atoms. The first-order valence-corrected chi connectivity index (χ1v) is 4.78. The lowest BCUT2D eigenvalue weighted by Gasteiger charge is -2.26. The van der Waals surface area contributed by atoms with Gasteiger partial charge in [-0.1, -0.05) is 6.42 Å². The van der Waals surface area contributed by atoms with Gasteiger partial charge in [0.05, 0.1) is 0 Å². The van der Waals surface area contributed by atoms with Gasteiger partial charge in [0, 0.05) is 18.8 Å². The lowest BCUT2D eigenvalue weighted by Crippen LogP contribution is -2.34. The minimum Gasteiger partial charge on any atom is -0.384 e. The smallest absolute Gasteiger partial charge is 0.123 e. The summed E-state index contributed by atoms with van der Waals surface area (Å²) in [6.07, 6.45) is 5.77. The van der Waals surface area contributed by atoms with Gasteiger partial charge in [0.2, 0.25) is 0 Å². The van der Waals surface area contributed by atoms with Crippen molar-refractivity contribution in [2.45, 2.75) is 31.8 Å². The van der Waals surface area contributed by atoms with Gasteiger partial charge in [-0.2, -0.15) is 0 Å². The second kappa shape index (κ2) is 3.75. The number of aromatic nitrogens is 1. The summed E-state index contributed by atoms with van der Waals surface area (Å²) in [5.41, 5.74) is 6.79. The van der Waals surface area contributed by atoms with E-state index in [2.05, 4.69) is 10.3 Å². The fourth-order valence-corrected chi connectivity index (χ4v) is 1.48. The maximum atomic E-state index is 5.57. The maximum absolute atomic E-state index is 5.57. The van der Waals surface area contributed by atoms with E-state index in [9.17, 15) is 0 Å². The topological polar surface area (TPSA) is 50.9 Å². The van der Waals surface area contributed by atoms with Crippen LogP contribution >= 0.6 is 0 Å². The third-order valence-electron chi connectivity index (χ3n) is 2.55. The van der Waals surface area contributed by atoms with Crippen molar-refractivity contribution in [3.63, 3.8) is 0 Å². The number of rotatable bonds is 3. The molecule has 0 unspecified atom stereocenters. The average Bonchev–Trinajstić information content (AvgIpc) is 2.01. The Morgan fingerprint density at radius 1 is 1.54 bits per heavy atom. The van der Waals surface area contributed by atoms with Crippen LogP contribution in [0.5, 0.6) is 0 Å². The first kappa shape index (κ1) is 8.51. The molecular weight excluding hydrogens is 162 g/mol. The maximum Gasteiger partial charge on any atom is 0.123 e. The first-order valence-electron chi connectivity index (χ1n) is 4.78. The Kier molecular flexibility index (Phi) is 2.45. The molecule has 1 heterocycles. The van der Waals surface area contributed by atoms with Gasteiger partial charge in [-0.25, -0.2) is 4.98 Å². The lowest BCUT2D eigenvalue weighted by atomic mass is 9.93. The van der Waals surface area contributed by atoms with E-state index in [1.54, 1.807) is 6.20 Å². The Hall–Kier alpha value is -1.09. The monoisotopic (exact) mass is 177 g/mol. The van der Waals surface area contributed by atoms with Crippen molar-refractivity contribution in [2.75, 3.05) is 5.73 Å². The molecule has 0 atom stereocenters. The van der Waals surface area contributed by atoms with Crippen LogP contribution in [0.1, 0.15) is 24.8 Å². The van der Waals surface area contributed by atoms with Gasteiger partial charge in [-0.15, -0.1) is 0 Å². The third-order valence-corrected chi connectivity index (χ3v) is 2.55. The van der Waals surface area contributed by atoms with Gasteiger partial charge >= 0.3 is 0 Å². The minimum atomic E-state index is 0.605. The van der Waals surface area contributed by atoms with E-state index >= 15 is 0 Å². The van der Waals surface area contributed by atoms with Crippen molar-refractivity contribution in [1.82, 2.24) is 10.3 Å².